The average molecular weight is 369 g/mol. The number of hydrogen-bond donors (Lipinski definition) is 0. The Balaban J connectivity index is 1.69. The number of thiophene rings is 1. The Morgan fingerprint density at radius 3 is 2.69 bits per heavy atom. The summed E-state index contributed by atoms with van der Waals surface area (Å²) in [6, 6.07) is 9.49. The van der Waals surface area contributed by atoms with Crippen LogP contribution in [0.1, 0.15) is 15.2 Å². The number of amides is 1. The molecule has 1 amide bonds. The molecule has 3 rings (SSSR count). The van der Waals surface area contributed by atoms with Gasteiger partial charge in [0.05, 0.1) is 0 Å². The lowest BCUT2D eigenvalue weighted by atomic mass is 10.1. The van der Waals surface area contributed by atoms with E-state index in [1.165, 1.54) is 16.2 Å². The Labute approximate surface area is 156 Å². The van der Waals surface area contributed by atoms with Crippen LogP contribution >= 0.6 is 11.3 Å². The first-order valence-corrected chi connectivity index (χ1v) is 8.97. The molecule has 0 saturated heterocycles. The van der Waals surface area contributed by atoms with Crippen LogP contribution in [0.3, 0.4) is 0 Å². The van der Waals surface area contributed by atoms with E-state index >= 15 is 0 Å². The Hall–Kier alpha value is -2.86. The molecular weight excluding hydrogens is 350 g/mol. The van der Waals surface area contributed by atoms with Crippen molar-refractivity contribution >= 4 is 23.2 Å². The van der Waals surface area contributed by atoms with E-state index in [-0.39, 0.29) is 12.5 Å². The first kappa shape index (κ1) is 17.9. The van der Waals surface area contributed by atoms with Gasteiger partial charge in [0.25, 0.3) is 5.91 Å². The van der Waals surface area contributed by atoms with E-state index in [1.54, 1.807) is 18.2 Å². The molecule has 5 nitrogen and oxygen atoms in total. The molecule has 1 aliphatic heterocycles. The van der Waals surface area contributed by atoms with Gasteiger partial charge in [0.1, 0.15) is 17.2 Å². The van der Waals surface area contributed by atoms with Gasteiger partial charge in [-0.05, 0) is 18.2 Å². The second kappa shape index (κ2) is 8.01. The average Bonchev–Trinajstić information content (AvgIpc) is 3.10. The summed E-state index contributed by atoms with van der Waals surface area (Å²) in [4.78, 5) is 27.5. The van der Waals surface area contributed by atoms with Crippen LogP contribution in [-0.2, 0) is 16.1 Å². The highest BCUT2D eigenvalue weighted by Gasteiger charge is 2.23. The predicted octanol–water partition coefficient (Wildman–Crippen LogP) is 3.66. The smallest absolute Gasteiger partial charge is 0.348 e. The second-order valence-corrected chi connectivity index (χ2v) is 6.75. The van der Waals surface area contributed by atoms with Gasteiger partial charge in [-0.3, -0.25) is 4.79 Å². The zero-order valence-corrected chi connectivity index (χ0v) is 15.1. The number of ether oxygens (including phenoxy) is 2. The van der Waals surface area contributed by atoms with Crippen molar-refractivity contribution in [3.63, 3.8) is 0 Å². The molecule has 2 aromatic rings. The maximum atomic E-state index is 12.4. The summed E-state index contributed by atoms with van der Waals surface area (Å²) in [7, 11) is 0. The van der Waals surface area contributed by atoms with Gasteiger partial charge in [0.15, 0.2) is 6.61 Å². The van der Waals surface area contributed by atoms with Gasteiger partial charge in [-0.1, -0.05) is 24.3 Å². The van der Waals surface area contributed by atoms with E-state index < -0.39 is 5.97 Å². The minimum atomic E-state index is -0.507. The maximum Gasteiger partial charge on any atom is 0.348 e. The molecule has 134 valence electrons. The number of para-hydroxylation sites is 1. The minimum Gasteiger partial charge on any atom is -0.488 e. The van der Waals surface area contributed by atoms with E-state index in [1.807, 2.05) is 24.3 Å². The molecule has 0 radical (unpaired) electrons. The Morgan fingerprint density at radius 2 is 1.96 bits per heavy atom. The number of esters is 1. The molecule has 1 aromatic heterocycles. The highest BCUT2D eigenvalue weighted by atomic mass is 32.1. The first-order chi connectivity index (χ1) is 12.6. The molecule has 0 spiro atoms. The van der Waals surface area contributed by atoms with E-state index in [9.17, 15) is 9.59 Å². The second-order valence-electron chi connectivity index (χ2n) is 5.70. The fourth-order valence-electron chi connectivity index (χ4n) is 2.68. The van der Waals surface area contributed by atoms with Crippen LogP contribution < -0.4 is 4.74 Å². The third kappa shape index (κ3) is 3.70. The van der Waals surface area contributed by atoms with Crippen LogP contribution in [0.15, 0.2) is 55.6 Å². The monoisotopic (exact) mass is 369 g/mol. The molecule has 0 atom stereocenters. The Kier molecular flexibility index (Phi) is 5.53. The predicted molar refractivity (Wildman–Crippen MR) is 101 cm³/mol. The van der Waals surface area contributed by atoms with Crippen LogP contribution in [0, 0.1) is 0 Å². The number of hydrogen-bond acceptors (Lipinski definition) is 5. The lowest BCUT2D eigenvalue weighted by Gasteiger charge is -2.18. The lowest BCUT2D eigenvalue weighted by molar-refractivity contribution is -0.133. The van der Waals surface area contributed by atoms with Crippen molar-refractivity contribution in [2.45, 2.75) is 6.61 Å². The number of rotatable bonds is 7. The van der Waals surface area contributed by atoms with Gasteiger partial charge in [-0.2, -0.15) is 0 Å². The molecular formula is C20H19NO4S. The molecule has 0 fully saturated rings. The van der Waals surface area contributed by atoms with Crippen LogP contribution in [0.2, 0.25) is 0 Å². The van der Waals surface area contributed by atoms with Crippen molar-refractivity contribution < 1.29 is 19.1 Å². The van der Waals surface area contributed by atoms with Crippen molar-refractivity contribution in [2.24, 2.45) is 0 Å². The number of carbonyl (C=O) groups excluding carboxylic acids is 2. The lowest BCUT2D eigenvalue weighted by Crippen LogP contribution is -2.34. The van der Waals surface area contributed by atoms with Crippen LogP contribution in [0.5, 0.6) is 5.75 Å². The molecule has 1 aliphatic rings. The molecule has 0 unspecified atom stereocenters. The van der Waals surface area contributed by atoms with Gasteiger partial charge in [-0.25, -0.2) is 4.79 Å². The third-order valence-electron chi connectivity index (χ3n) is 3.90. The molecule has 1 aromatic carbocycles. The van der Waals surface area contributed by atoms with E-state index in [0.717, 1.165) is 21.8 Å². The summed E-state index contributed by atoms with van der Waals surface area (Å²) in [5.41, 5.74) is 1.92. The van der Waals surface area contributed by atoms with Gasteiger partial charge in [0.2, 0.25) is 0 Å². The molecule has 0 N–H and O–H groups in total. The number of benzene rings is 1. The highest BCUT2D eigenvalue weighted by Crippen LogP contribution is 2.42. The van der Waals surface area contributed by atoms with Crippen molar-refractivity contribution in [2.75, 3.05) is 19.7 Å². The zero-order valence-electron chi connectivity index (χ0n) is 14.3. The zero-order chi connectivity index (χ0) is 18.5. The van der Waals surface area contributed by atoms with Gasteiger partial charge in [-0.15, -0.1) is 24.5 Å². The molecule has 0 bridgehead atoms. The quantitative estimate of drug-likeness (QED) is 0.552. The van der Waals surface area contributed by atoms with Crippen molar-refractivity contribution in [1.29, 1.82) is 0 Å². The fourth-order valence-corrected chi connectivity index (χ4v) is 3.77. The van der Waals surface area contributed by atoms with Crippen molar-refractivity contribution in [3.8, 4) is 16.2 Å². The normalized spacial score (nSPS) is 11.5. The van der Waals surface area contributed by atoms with Gasteiger partial charge in [0, 0.05) is 29.1 Å². The van der Waals surface area contributed by atoms with Crippen LogP contribution in [0.25, 0.3) is 10.4 Å². The first-order valence-electron chi connectivity index (χ1n) is 8.15. The standard InChI is InChI=1S/C20H19NO4S/c1-3-9-21(10-4-2)18(22)13-25-20(23)17-11-14-12-24-16-8-6-5-7-15(16)19(14)26-17/h3-8,11H,1-2,9-10,12-13H2. The van der Waals surface area contributed by atoms with E-state index in [2.05, 4.69) is 13.2 Å². The Bertz CT molecular complexity index is 845. The number of fused-ring (bicyclic) bond motifs is 3. The summed E-state index contributed by atoms with van der Waals surface area (Å²) >= 11 is 1.35. The SMILES string of the molecule is C=CCN(CC=C)C(=O)COC(=O)c1cc2c(s1)-c1ccccc1OC2. The molecule has 2 heterocycles. The molecule has 26 heavy (non-hydrogen) atoms. The summed E-state index contributed by atoms with van der Waals surface area (Å²) in [6.07, 6.45) is 3.24. The molecule has 6 heteroatoms. The van der Waals surface area contributed by atoms with E-state index in [4.69, 9.17) is 9.47 Å². The van der Waals surface area contributed by atoms with Crippen molar-refractivity contribution in [3.05, 3.63) is 66.1 Å². The fraction of sp³-hybridized carbons (Fsp3) is 0.200. The summed E-state index contributed by atoms with van der Waals surface area (Å²) < 4.78 is 10.9. The topological polar surface area (TPSA) is 55.8 Å². The largest absolute Gasteiger partial charge is 0.488 e. The summed E-state index contributed by atoms with van der Waals surface area (Å²) in [5.74, 6) is 0.0157. The van der Waals surface area contributed by atoms with E-state index in [0.29, 0.717) is 24.6 Å². The van der Waals surface area contributed by atoms with Gasteiger partial charge < -0.3 is 14.4 Å². The van der Waals surface area contributed by atoms with Crippen LogP contribution in [-0.4, -0.2) is 36.5 Å². The van der Waals surface area contributed by atoms with Crippen molar-refractivity contribution in [1.82, 2.24) is 4.90 Å². The molecule has 0 aliphatic carbocycles. The highest BCUT2D eigenvalue weighted by molar-refractivity contribution is 7.17. The van der Waals surface area contributed by atoms with Gasteiger partial charge >= 0.3 is 5.97 Å². The summed E-state index contributed by atoms with van der Waals surface area (Å²) in [6.45, 7) is 8.10. The Morgan fingerprint density at radius 1 is 1.23 bits per heavy atom. The number of carbonyl (C=O) groups is 2. The minimum absolute atomic E-state index is 0.284. The molecule has 0 saturated carbocycles. The van der Waals surface area contributed by atoms with Crippen LogP contribution in [0.4, 0.5) is 0 Å². The third-order valence-corrected chi connectivity index (χ3v) is 5.09. The maximum absolute atomic E-state index is 12.4. The number of nitrogens with zero attached hydrogens (tertiary/aromatic N) is 1. The summed E-state index contributed by atoms with van der Waals surface area (Å²) in [5, 5.41) is 0.